The molecule has 1 aromatic heterocycles. The van der Waals surface area contributed by atoms with Gasteiger partial charge in [-0.1, -0.05) is 26.0 Å². The first-order valence-corrected chi connectivity index (χ1v) is 9.14. The summed E-state index contributed by atoms with van der Waals surface area (Å²) in [4.78, 5) is 56.9. The SMILES string of the molecule is CCC1(CC)NC(=O)N(CC(=O)O[C@H](C)c2nc3ccccc3c(=O)[nH]2)C1=O. The predicted molar refractivity (Wildman–Crippen MR) is 100 cm³/mol. The number of nitrogens with one attached hydrogen (secondary N) is 2. The van der Waals surface area contributed by atoms with Crippen LogP contribution in [0.5, 0.6) is 0 Å². The number of ether oxygens (including phenoxy) is 1. The molecule has 0 aliphatic carbocycles. The zero-order chi connectivity index (χ0) is 20.5. The number of fused-ring (bicyclic) bond motifs is 1. The first kappa shape index (κ1) is 19.5. The monoisotopic (exact) mass is 386 g/mol. The van der Waals surface area contributed by atoms with Crippen LogP contribution in [0.4, 0.5) is 4.79 Å². The smallest absolute Gasteiger partial charge is 0.326 e. The number of carbonyl (C=O) groups excluding carboxylic acids is 3. The molecule has 2 heterocycles. The highest BCUT2D eigenvalue weighted by Gasteiger charge is 2.49. The number of aromatic amines is 1. The topological polar surface area (TPSA) is 121 Å². The van der Waals surface area contributed by atoms with Crippen LogP contribution in [0.3, 0.4) is 0 Å². The fraction of sp³-hybridized carbons (Fsp3) is 0.421. The molecule has 0 spiro atoms. The number of H-pyrrole nitrogens is 1. The minimum Gasteiger partial charge on any atom is -0.453 e. The number of benzene rings is 1. The number of hydrogen-bond acceptors (Lipinski definition) is 6. The molecule has 3 rings (SSSR count). The van der Waals surface area contributed by atoms with Gasteiger partial charge < -0.3 is 15.0 Å². The lowest BCUT2D eigenvalue weighted by Gasteiger charge is -2.23. The van der Waals surface area contributed by atoms with E-state index in [-0.39, 0.29) is 11.4 Å². The predicted octanol–water partition coefficient (Wildman–Crippen LogP) is 1.64. The van der Waals surface area contributed by atoms with Crippen LogP contribution in [-0.2, 0) is 14.3 Å². The fourth-order valence-corrected chi connectivity index (χ4v) is 3.27. The molecular formula is C19H22N4O5. The Morgan fingerprint density at radius 2 is 1.89 bits per heavy atom. The third-order valence-electron chi connectivity index (χ3n) is 5.06. The second kappa shape index (κ2) is 7.41. The summed E-state index contributed by atoms with van der Waals surface area (Å²) >= 11 is 0. The second-order valence-corrected chi connectivity index (χ2v) is 6.71. The van der Waals surface area contributed by atoms with E-state index < -0.39 is 36.1 Å². The van der Waals surface area contributed by atoms with Crippen LogP contribution < -0.4 is 10.9 Å². The average molecular weight is 386 g/mol. The van der Waals surface area contributed by atoms with Crippen molar-refractivity contribution in [2.45, 2.75) is 45.3 Å². The number of amides is 3. The lowest BCUT2D eigenvalue weighted by Crippen LogP contribution is -2.46. The van der Waals surface area contributed by atoms with Gasteiger partial charge in [0, 0.05) is 0 Å². The number of hydrogen-bond donors (Lipinski definition) is 2. The third kappa shape index (κ3) is 3.35. The summed E-state index contributed by atoms with van der Waals surface area (Å²) in [5.74, 6) is -1.02. The average Bonchev–Trinajstić information content (AvgIpc) is 2.92. The summed E-state index contributed by atoms with van der Waals surface area (Å²) in [6.45, 7) is 4.65. The highest BCUT2D eigenvalue weighted by Crippen LogP contribution is 2.25. The van der Waals surface area contributed by atoms with Crippen molar-refractivity contribution in [3.05, 3.63) is 40.4 Å². The summed E-state index contributed by atoms with van der Waals surface area (Å²) in [7, 11) is 0. The lowest BCUT2D eigenvalue weighted by atomic mass is 9.93. The van der Waals surface area contributed by atoms with E-state index in [1.54, 1.807) is 45.0 Å². The van der Waals surface area contributed by atoms with Crippen LogP contribution in [0.15, 0.2) is 29.1 Å². The van der Waals surface area contributed by atoms with Gasteiger partial charge in [-0.2, -0.15) is 0 Å². The molecule has 9 nitrogen and oxygen atoms in total. The van der Waals surface area contributed by atoms with Crippen LogP contribution >= 0.6 is 0 Å². The van der Waals surface area contributed by atoms with Crippen LogP contribution in [0.2, 0.25) is 0 Å². The number of esters is 1. The van der Waals surface area contributed by atoms with E-state index in [1.807, 2.05) is 0 Å². The molecule has 1 atom stereocenters. The van der Waals surface area contributed by atoms with Crippen molar-refractivity contribution >= 4 is 28.8 Å². The molecular weight excluding hydrogens is 364 g/mol. The molecule has 2 aromatic rings. The highest BCUT2D eigenvalue weighted by atomic mass is 16.5. The zero-order valence-corrected chi connectivity index (χ0v) is 15.9. The number of aromatic nitrogens is 2. The molecule has 1 fully saturated rings. The van der Waals surface area contributed by atoms with Crippen LogP contribution in [-0.4, -0.2) is 44.9 Å². The summed E-state index contributed by atoms with van der Waals surface area (Å²) in [5, 5.41) is 3.08. The summed E-state index contributed by atoms with van der Waals surface area (Å²) in [6, 6.07) is 6.20. The van der Waals surface area contributed by atoms with E-state index in [4.69, 9.17) is 4.74 Å². The molecule has 1 aliphatic heterocycles. The summed E-state index contributed by atoms with van der Waals surface area (Å²) in [6.07, 6.45) is 0.00368. The zero-order valence-electron chi connectivity index (χ0n) is 15.9. The molecule has 9 heteroatoms. The Labute approximate surface area is 161 Å². The first-order chi connectivity index (χ1) is 13.3. The van der Waals surface area contributed by atoms with Gasteiger partial charge in [0.2, 0.25) is 0 Å². The Balaban J connectivity index is 1.72. The quantitative estimate of drug-likeness (QED) is 0.575. The number of imide groups is 1. The molecule has 0 bridgehead atoms. The van der Waals surface area contributed by atoms with Gasteiger partial charge in [0.05, 0.1) is 10.9 Å². The molecule has 148 valence electrons. The van der Waals surface area contributed by atoms with E-state index in [2.05, 4.69) is 15.3 Å². The van der Waals surface area contributed by atoms with Crippen molar-refractivity contribution in [2.24, 2.45) is 0 Å². The van der Waals surface area contributed by atoms with Gasteiger partial charge in [0.15, 0.2) is 11.9 Å². The Bertz CT molecular complexity index is 995. The van der Waals surface area contributed by atoms with Crippen molar-refractivity contribution in [1.29, 1.82) is 0 Å². The summed E-state index contributed by atoms with van der Waals surface area (Å²) in [5.41, 5.74) is -0.837. The summed E-state index contributed by atoms with van der Waals surface area (Å²) < 4.78 is 5.29. The first-order valence-electron chi connectivity index (χ1n) is 9.14. The fourth-order valence-electron chi connectivity index (χ4n) is 3.27. The van der Waals surface area contributed by atoms with Crippen LogP contribution in [0.1, 0.15) is 45.5 Å². The van der Waals surface area contributed by atoms with Gasteiger partial charge in [0.1, 0.15) is 12.1 Å². The molecule has 0 radical (unpaired) electrons. The normalized spacial score (nSPS) is 16.9. The largest absolute Gasteiger partial charge is 0.453 e. The van der Waals surface area contributed by atoms with E-state index >= 15 is 0 Å². The van der Waals surface area contributed by atoms with Crippen molar-refractivity contribution in [2.75, 3.05) is 6.54 Å². The van der Waals surface area contributed by atoms with E-state index in [9.17, 15) is 19.2 Å². The maximum atomic E-state index is 12.6. The van der Waals surface area contributed by atoms with E-state index in [1.165, 1.54) is 0 Å². The van der Waals surface area contributed by atoms with Gasteiger partial charge in [0.25, 0.3) is 11.5 Å². The molecule has 1 saturated heterocycles. The minimum atomic E-state index is -0.978. The van der Waals surface area contributed by atoms with Crippen molar-refractivity contribution in [3.63, 3.8) is 0 Å². The molecule has 0 unspecified atom stereocenters. The second-order valence-electron chi connectivity index (χ2n) is 6.71. The van der Waals surface area contributed by atoms with Gasteiger partial charge in [-0.25, -0.2) is 9.78 Å². The number of nitrogens with zero attached hydrogens (tertiary/aromatic N) is 2. The van der Waals surface area contributed by atoms with Crippen molar-refractivity contribution in [1.82, 2.24) is 20.2 Å². The van der Waals surface area contributed by atoms with Gasteiger partial charge in [-0.15, -0.1) is 0 Å². The van der Waals surface area contributed by atoms with Gasteiger partial charge >= 0.3 is 12.0 Å². The third-order valence-corrected chi connectivity index (χ3v) is 5.06. The molecule has 3 amide bonds. The Morgan fingerprint density at radius 3 is 2.54 bits per heavy atom. The van der Waals surface area contributed by atoms with Gasteiger partial charge in [-0.05, 0) is 31.9 Å². The molecule has 1 aliphatic rings. The lowest BCUT2D eigenvalue weighted by molar-refractivity contribution is -0.152. The number of para-hydroxylation sites is 1. The van der Waals surface area contributed by atoms with E-state index in [0.29, 0.717) is 23.7 Å². The Kier molecular flexibility index (Phi) is 5.17. The maximum Gasteiger partial charge on any atom is 0.326 e. The van der Waals surface area contributed by atoms with Crippen LogP contribution in [0.25, 0.3) is 10.9 Å². The highest BCUT2D eigenvalue weighted by molar-refractivity contribution is 6.08. The van der Waals surface area contributed by atoms with Crippen molar-refractivity contribution < 1.29 is 19.1 Å². The number of carbonyl (C=O) groups is 3. The Morgan fingerprint density at radius 1 is 1.21 bits per heavy atom. The van der Waals surface area contributed by atoms with Gasteiger partial charge in [-0.3, -0.25) is 19.3 Å². The maximum absolute atomic E-state index is 12.6. The molecule has 0 saturated carbocycles. The minimum absolute atomic E-state index is 0.186. The molecule has 1 aromatic carbocycles. The Hall–Kier alpha value is -3.23. The van der Waals surface area contributed by atoms with Crippen LogP contribution in [0, 0.1) is 0 Å². The number of urea groups is 1. The number of rotatable bonds is 6. The standard InChI is InChI=1S/C19H22N4O5/c1-4-19(5-2)17(26)23(18(27)22-19)10-14(24)28-11(3)15-20-13-9-7-6-8-12(13)16(25)21-15/h6-9,11H,4-5,10H2,1-3H3,(H,22,27)(H,20,21,25)/t11-/m1/s1. The molecule has 2 N–H and O–H groups in total. The van der Waals surface area contributed by atoms with E-state index in [0.717, 1.165) is 4.90 Å². The van der Waals surface area contributed by atoms with Crippen molar-refractivity contribution in [3.8, 4) is 0 Å². The molecule has 28 heavy (non-hydrogen) atoms.